The largest absolute Gasteiger partial charge is 0.482 e. The fraction of sp³-hybridized carbons (Fsp3) is 0.417. The molecule has 3 N–H and O–H groups in total. The number of hydrogen-bond acceptors (Lipinski definition) is 4. The highest BCUT2D eigenvalue weighted by atomic mass is 16.5. The van der Waals surface area contributed by atoms with E-state index in [0.717, 1.165) is 5.56 Å². The molecule has 1 aromatic rings. The molecular weight excluding hydrogens is 222 g/mol. The highest BCUT2D eigenvalue weighted by Gasteiger charge is 2.01. The molecule has 0 aliphatic rings. The summed E-state index contributed by atoms with van der Waals surface area (Å²) < 4.78 is 5.06. The molecule has 1 atom stereocenters. The second-order valence-corrected chi connectivity index (χ2v) is 3.81. The lowest BCUT2D eigenvalue weighted by Crippen LogP contribution is -2.23. The Bertz CT molecular complexity index is 365. The third-order valence-electron chi connectivity index (χ3n) is 2.03. The number of carbonyl (C=O) groups is 1. The molecule has 94 valence electrons. The van der Waals surface area contributed by atoms with Gasteiger partial charge in [0.25, 0.3) is 0 Å². The summed E-state index contributed by atoms with van der Waals surface area (Å²) in [6, 6.07) is 7.19. The molecule has 0 amide bonds. The molecule has 0 spiro atoms. The first-order valence-electron chi connectivity index (χ1n) is 5.40. The predicted molar refractivity (Wildman–Crippen MR) is 63.0 cm³/mol. The maximum Gasteiger partial charge on any atom is 0.341 e. The van der Waals surface area contributed by atoms with E-state index in [2.05, 4.69) is 5.32 Å². The molecule has 0 aliphatic carbocycles. The van der Waals surface area contributed by atoms with E-state index in [9.17, 15) is 4.79 Å². The van der Waals surface area contributed by atoms with Crippen LogP contribution in [-0.4, -0.2) is 35.4 Å². The van der Waals surface area contributed by atoms with Crippen LogP contribution < -0.4 is 10.1 Å². The predicted octanol–water partition coefficient (Wildman–Crippen LogP) is 0.620. The van der Waals surface area contributed by atoms with Crippen LogP contribution in [0.2, 0.25) is 0 Å². The van der Waals surface area contributed by atoms with Gasteiger partial charge in [0.2, 0.25) is 0 Å². The van der Waals surface area contributed by atoms with Gasteiger partial charge in [0.1, 0.15) is 5.75 Å². The second kappa shape index (κ2) is 6.88. The lowest BCUT2D eigenvalue weighted by Gasteiger charge is -2.08. The van der Waals surface area contributed by atoms with Crippen LogP contribution in [0.5, 0.6) is 5.75 Å². The lowest BCUT2D eigenvalue weighted by molar-refractivity contribution is -0.139. The molecular formula is C12H17NO4. The van der Waals surface area contributed by atoms with Crippen LogP contribution in [0, 0.1) is 0 Å². The van der Waals surface area contributed by atoms with E-state index in [-0.39, 0.29) is 12.7 Å². The summed E-state index contributed by atoms with van der Waals surface area (Å²) >= 11 is 0. The first-order chi connectivity index (χ1) is 8.08. The number of ether oxygens (including phenoxy) is 1. The fourth-order valence-electron chi connectivity index (χ4n) is 1.32. The van der Waals surface area contributed by atoms with Crippen LogP contribution >= 0.6 is 0 Å². The summed E-state index contributed by atoms with van der Waals surface area (Å²) in [7, 11) is 0. The number of benzene rings is 1. The maximum absolute atomic E-state index is 10.3. The number of aliphatic hydroxyl groups is 1. The van der Waals surface area contributed by atoms with Crippen molar-refractivity contribution in [3.63, 3.8) is 0 Å². The Morgan fingerprint density at radius 2 is 2.29 bits per heavy atom. The number of nitrogens with one attached hydrogen (secondary N) is 1. The highest BCUT2D eigenvalue weighted by Crippen LogP contribution is 2.13. The van der Waals surface area contributed by atoms with Gasteiger partial charge in [0.15, 0.2) is 6.61 Å². The minimum Gasteiger partial charge on any atom is -0.482 e. The lowest BCUT2D eigenvalue weighted by atomic mass is 10.2. The van der Waals surface area contributed by atoms with Gasteiger partial charge in [0, 0.05) is 13.1 Å². The first-order valence-corrected chi connectivity index (χ1v) is 5.40. The van der Waals surface area contributed by atoms with Crippen molar-refractivity contribution in [3.8, 4) is 5.75 Å². The Hall–Kier alpha value is -1.59. The summed E-state index contributed by atoms with van der Waals surface area (Å²) in [5.41, 5.74) is 0.980. The molecule has 17 heavy (non-hydrogen) atoms. The van der Waals surface area contributed by atoms with E-state index in [1.54, 1.807) is 25.1 Å². The number of aliphatic carboxylic acids is 1. The number of hydrogen-bond donors (Lipinski definition) is 3. The van der Waals surface area contributed by atoms with E-state index in [0.29, 0.717) is 18.8 Å². The van der Waals surface area contributed by atoms with Gasteiger partial charge < -0.3 is 20.3 Å². The van der Waals surface area contributed by atoms with Gasteiger partial charge in [-0.1, -0.05) is 12.1 Å². The molecule has 0 saturated heterocycles. The molecule has 0 aliphatic heterocycles. The van der Waals surface area contributed by atoms with Crippen molar-refractivity contribution in [2.45, 2.75) is 19.6 Å². The smallest absolute Gasteiger partial charge is 0.341 e. The molecule has 0 saturated carbocycles. The number of carboxylic acids is 1. The van der Waals surface area contributed by atoms with Gasteiger partial charge in [-0.05, 0) is 24.6 Å². The zero-order valence-electron chi connectivity index (χ0n) is 9.72. The van der Waals surface area contributed by atoms with Gasteiger partial charge >= 0.3 is 5.97 Å². The van der Waals surface area contributed by atoms with Gasteiger partial charge in [-0.15, -0.1) is 0 Å². The molecule has 0 aromatic heterocycles. The molecule has 0 unspecified atom stereocenters. The third-order valence-corrected chi connectivity index (χ3v) is 2.03. The van der Waals surface area contributed by atoms with Crippen molar-refractivity contribution in [3.05, 3.63) is 29.8 Å². The zero-order valence-corrected chi connectivity index (χ0v) is 9.72. The van der Waals surface area contributed by atoms with E-state index in [1.165, 1.54) is 0 Å². The van der Waals surface area contributed by atoms with Crippen LogP contribution in [0.1, 0.15) is 12.5 Å². The normalized spacial score (nSPS) is 12.1. The van der Waals surface area contributed by atoms with Crippen molar-refractivity contribution < 1.29 is 19.7 Å². The highest BCUT2D eigenvalue weighted by molar-refractivity contribution is 5.68. The molecule has 5 heteroatoms. The molecule has 1 aromatic carbocycles. The standard InChI is InChI=1S/C12H17NO4/c1-9(14)6-13-7-10-3-2-4-11(5-10)17-8-12(15)16/h2-5,9,13-14H,6-8H2,1H3,(H,15,16)/t9-/m0/s1. The summed E-state index contributed by atoms with van der Waals surface area (Å²) in [5, 5.41) is 20.6. The quantitative estimate of drug-likeness (QED) is 0.650. The Kier molecular flexibility index (Phi) is 5.45. The molecule has 0 fully saturated rings. The minimum absolute atomic E-state index is 0.343. The van der Waals surface area contributed by atoms with Crippen molar-refractivity contribution in [1.29, 1.82) is 0 Å². The average Bonchev–Trinajstić information content (AvgIpc) is 2.26. The van der Waals surface area contributed by atoms with Crippen molar-refractivity contribution in [2.75, 3.05) is 13.2 Å². The molecule has 0 radical (unpaired) electrons. The Morgan fingerprint density at radius 3 is 2.94 bits per heavy atom. The fourth-order valence-corrected chi connectivity index (χ4v) is 1.32. The van der Waals surface area contributed by atoms with E-state index in [1.807, 2.05) is 6.07 Å². The zero-order chi connectivity index (χ0) is 12.7. The Labute approximate surface area is 100 Å². The monoisotopic (exact) mass is 239 g/mol. The van der Waals surface area contributed by atoms with Crippen LogP contribution in [0.15, 0.2) is 24.3 Å². The Morgan fingerprint density at radius 1 is 1.53 bits per heavy atom. The summed E-state index contributed by atoms with van der Waals surface area (Å²) in [4.78, 5) is 10.3. The second-order valence-electron chi connectivity index (χ2n) is 3.81. The van der Waals surface area contributed by atoms with Crippen molar-refractivity contribution >= 4 is 5.97 Å². The van der Waals surface area contributed by atoms with Gasteiger partial charge in [-0.25, -0.2) is 4.79 Å². The molecule has 0 bridgehead atoms. The van der Waals surface area contributed by atoms with Crippen LogP contribution in [-0.2, 0) is 11.3 Å². The van der Waals surface area contributed by atoms with Gasteiger partial charge in [-0.2, -0.15) is 0 Å². The van der Waals surface area contributed by atoms with E-state index >= 15 is 0 Å². The van der Waals surface area contributed by atoms with Crippen molar-refractivity contribution in [2.24, 2.45) is 0 Å². The third kappa shape index (κ3) is 5.89. The van der Waals surface area contributed by atoms with Crippen molar-refractivity contribution in [1.82, 2.24) is 5.32 Å². The summed E-state index contributed by atoms with van der Waals surface area (Å²) in [5.74, 6) is -0.466. The van der Waals surface area contributed by atoms with E-state index < -0.39 is 5.97 Å². The van der Waals surface area contributed by atoms with E-state index in [4.69, 9.17) is 14.9 Å². The minimum atomic E-state index is -0.998. The maximum atomic E-state index is 10.3. The van der Waals surface area contributed by atoms with Crippen LogP contribution in [0.3, 0.4) is 0 Å². The topological polar surface area (TPSA) is 78.8 Å². The number of carboxylic acid groups (broad SMARTS) is 1. The number of rotatable bonds is 7. The van der Waals surface area contributed by atoms with Crippen LogP contribution in [0.4, 0.5) is 0 Å². The van der Waals surface area contributed by atoms with Gasteiger partial charge in [-0.3, -0.25) is 0 Å². The summed E-state index contributed by atoms with van der Waals surface area (Å²) in [6.45, 7) is 2.49. The first kappa shape index (κ1) is 13.5. The van der Waals surface area contributed by atoms with Crippen LogP contribution in [0.25, 0.3) is 0 Å². The number of aliphatic hydroxyl groups excluding tert-OH is 1. The molecule has 1 rings (SSSR count). The average molecular weight is 239 g/mol. The van der Waals surface area contributed by atoms with Gasteiger partial charge in [0.05, 0.1) is 6.10 Å². The summed E-state index contributed by atoms with van der Waals surface area (Å²) in [6.07, 6.45) is -0.388. The molecule has 0 heterocycles. The molecule has 5 nitrogen and oxygen atoms in total. The Balaban J connectivity index is 2.45. The SMILES string of the molecule is C[C@H](O)CNCc1cccc(OCC(=O)O)c1.